The molecule has 1 aliphatic rings. The second kappa shape index (κ2) is 4.02. The van der Waals surface area contributed by atoms with Crippen LogP contribution in [0.5, 0.6) is 0 Å². The SMILES string of the molecule is C=C1CCC(C)N1c1ccc2cc(N)ncc2c1. The van der Waals surface area contributed by atoms with E-state index in [1.54, 1.807) is 0 Å². The molecule has 0 saturated carbocycles. The highest BCUT2D eigenvalue weighted by molar-refractivity contribution is 5.87. The lowest BCUT2D eigenvalue weighted by Gasteiger charge is -2.25. The zero-order valence-electron chi connectivity index (χ0n) is 10.6. The van der Waals surface area contributed by atoms with E-state index < -0.39 is 0 Å². The summed E-state index contributed by atoms with van der Waals surface area (Å²) in [6.45, 7) is 6.39. The van der Waals surface area contributed by atoms with Crippen LogP contribution in [0.25, 0.3) is 10.8 Å². The molecule has 0 spiro atoms. The minimum atomic E-state index is 0.525. The van der Waals surface area contributed by atoms with Gasteiger partial charge in [0.25, 0.3) is 0 Å². The molecule has 1 unspecified atom stereocenters. The molecule has 1 aliphatic heterocycles. The Balaban J connectivity index is 2.08. The summed E-state index contributed by atoms with van der Waals surface area (Å²) in [7, 11) is 0. The highest BCUT2D eigenvalue weighted by Crippen LogP contribution is 2.33. The van der Waals surface area contributed by atoms with E-state index in [9.17, 15) is 0 Å². The summed E-state index contributed by atoms with van der Waals surface area (Å²) in [6, 6.07) is 8.82. The highest BCUT2D eigenvalue weighted by atomic mass is 15.2. The number of nitrogens with zero attached hydrogens (tertiary/aromatic N) is 2. The molecule has 0 radical (unpaired) electrons. The van der Waals surface area contributed by atoms with Crippen LogP contribution >= 0.6 is 0 Å². The van der Waals surface area contributed by atoms with Gasteiger partial charge in [0.15, 0.2) is 0 Å². The van der Waals surface area contributed by atoms with Gasteiger partial charge in [-0.15, -0.1) is 0 Å². The number of anilines is 2. The summed E-state index contributed by atoms with van der Waals surface area (Å²) >= 11 is 0. The van der Waals surface area contributed by atoms with Crippen LogP contribution in [0.4, 0.5) is 11.5 Å². The monoisotopic (exact) mass is 239 g/mol. The van der Waals surface area contributed by atoms with Crippen molar-refractivity contribution in [1.82, 2.24) is 4.98 Å². The van der Waals surface area contributed by atoms with Gasteiger partial charge in [0, 0.05) is 29.0 Å². The van der Waals surface area contributed by atoms with Crippen molar-refractivity contribution in [3.05, 3.63) is 42.7 Å². The van der Waals surface area contributed by atoms with Gasteiger partial charge in [-0.3, -0.25) is 0 Å². The average molecular weight is 239 g/mol. The average Bonchev–Trinajstić information content (AvgIpc) is 2.69. The minimum Gasteiger partial charge on any atom is -0.384 e. The van der Waals surface area contributed by atoms with E-state index in [0.717, 1.165) is 17.2 Å². The number of fused-ring (bicyclic) bond motifs is 1. The van der Waals surface area contributed by atoms with Crippen molar-refractivity contribution in [3.63, 3.8) is 0 Å². The largest absolute Gasteiger partial charge is 0.384 e. The Kier molecular flexibility index (Phi) is 2.47. The van der Waals surface area contributed by atoms with Gasteiger partial charge in [-0.05, 0) is 43.4 Å². The molecule has 2 aromatic rings. The molecule has 3 nitrogen and oxygen atoms in total. The van der Waals surface area contributed by atoms with Crippen LogP contribution in [0.15, 0.2) is 42.7 Å². The smallest absolute Gasteiger partial charge is 0.123 e. The number of hydrogen-bond donors (Lipinski definition) is 1. The number of allylic oxidation sites excluding steroid dienone is 1. The van der Waals surface area contributed by atoms with E-state index in [1.807, 2.05) is 12.3 Å². The van der Waals surface area contributed by atoms with Gasteiger partial charge in [0.2, 0.25) is 0 Å². The van der Waals surface area contributed by atoms with Crippen LogP contribution in [0.2, 0.25) is 0 Å². The molecule has 0 amide bonds. The number of pyridine rings is 1. The number of aromatic nitrogens is 1. The molecule has 3 heteroatoms. The first kappa shape index (κ1) is 11.1. The van der Waals surface area contributed by atoms with Crippen molar-refractivity contribution >= 4 is 22.3 Å². The first-order chi connectivity index (χ1) is 8.65. The number of hydrogen-bond acceptors (Lipinski definition) is 3. The van der Waals surface area contributed by atoms with Gasteiger partial charge in [-0.2, -0.15) is 0 Å². The summed E-state index contributed by atoms with van der Waals surface area (Å²) in [5.41, 5.74) is 8.09. The molecule has 1 aromatic carbocycles. The predicted molar refractivity (Wildman–Crippen MR) is 76.5 cm³/mol. The fourth-order valence-electron chi connectivity index (χ4n) is 2.67. The van der Waals surface area contributed by atoms with E-state index in [0.29, 0.717) is 11.9 Å². The molecule has 0 bridgehead atoms. The van der Waals surface area contributed by atoms with Crippen molar-refractivity contribution in [1.29, 1.82) is 0 Å². The second-order valence-electron chi connectivity index (χ2n) is 4.96. The lowest BCUT2D eigenvalue weighted by molar-refractivity contribution is 0.739. The molecule has 2 heterocycles. The predicted octanol–water partition coefficient (Wildman–Crippen LogP) is 3.32. The van der Waals surface area contributed by atoms with Crippen molar-refractivity contribution in [2.45, 2.75) is 25.8 Å². The van der Waals surface area contributed by atoms with Crippen molar-refractivity contribution in [3.8, 4) is 0 Å². The second-order valence-corrected chi connectivity index (χ2v) is 4.96. The van der Waals surface area contributed by atoms with Crippen LogP contribution in [0.3, 0.4) is 0 Å². The fraction of sp³-hybridized carbons (Fsp3) is 0.267. The van der Waals surface area contributed by atoms with Crippen LogP contribution in [-0.4, -0.2) is 11.0 Å². The maximum atomic E-state index is 5.69. The number of benzene rings is 1. The van der Waals surface area contributed by atoms with Crippen molar-refractivity contribution < 1.29 is 0 Å². The third kappa shape index (κ3) is 1.72. The third-order valence-corrected chi connectivity index (χ3v) is 3.64. The molecule has 1 fully saturated rings. The van der Waals surface area contributed by atoms with Gasteiger partial charge >= 0.3 is 0 Å². The van der Waals surface area contributed by atoms with E-state index in [1.165, 1.54) is 17.8 Å². The lowest BCUT2D eigenvalue weighted by atomic mass is 10.1. The summed E-state index contributed by atoms with van der Waals surface area (Å²) in [6.07, 6.45) is 4.09. The van der Waals surface area contributed by atoms with Crippen LogP contribution in [-0.2, 0) is 0 Å². The van der Waals surface area contributed by atoms with Gasteiger partial charge in [-0.25, -0.2) is 4.98 Å². The summed E-state index contributed by atoms with van der Waals surface area (Å²) in [5, 5.41) is 2.25. The molecule has 1 saturated heterocycles. The normalized spacial score (nSPS) is 19.7. The number of nitrogens with two attached hydrogens (primary N) is 1. The molecule has 1 aromatic heterocycles. The Morgan fingerprint density at radius 1 is 1.33 bits per heavy atom. The molecule has 2 N–H and O–H groups in total. The van der Waals surface area contributed by atoms with E-state index in [-0.39, 0.29) is 0 Å². The summed E-state index contributed by atoms with van der Waals surface area (Å²) in [5.74, 6) is 0.564. The van der Waals surface area contributed by atoms with Gasteiger partial charge in [0.1, 0.15) is 5.82 Å². The Morgan fingerprint density at radius 2 is 2.17 bits per heavy atom. The molecule has 18 heavy (non-hydrogen) atoms. The first-order valence-electron chi connectivity index (χ1n) is 6.27. The van der Waals surface area contributed by atoms with Crippen molar-refractivity contribution in [2.75, 3.05) is 10.6 Å². The zero-order valence-corrected chi connectivity index (χ0v) is 10.6. The fourth-order valence-corrected chi connectivity index (χ4v) is 2.67. The van der Waals surface area contributed by atoms with Gasteiger partial charge < -0.3 is 10.6 Å². The summed E-state index contributed by atoms with van der Waals surface area (Å²) < 4.78 is 0. The first-order valence-corrected chi connectivity index (χ1v) is 6.27. The van der Waals surface area contributed by atoms with Gasteiger partial charge in [0.05, 0.1) is 0 Å². The van der Waals surface area contributed by atoms with E-state index in [4.69, 9.17) is 5.73 Å². The molecule has 92 valence electrons. The Hall–Kier alpha value is -2.03. The van der Waals surface area contributed by atoms with Crippen LogP contribution < -0.4 is 10.6 Å². The van der Waals surface area contributed by atoms with Crippen LogP contribution in [0.1, 0.15) is 19.8 Å². The molecular formula is C15H17N3. The molecule has 1 atom stereocenters. The maximum absolute atomic E-state index is 5.69. The number of rotatable bonds is 1. The van der Waals surface area contributed by atoms with Crippen LogP contribution in [0, 0.1) is 0 Å². The molecule has 0 aliphatic carbocycles. The highest BCUT2D eigenvalue weighted by Gasteiger charge is 2.24. The third-order valence-electron chi connectivity index (χ3n) is 3.64. The topological polar surface area (TPSA) is 42.1 Å². The molecule has 3 rings (SSSR count). The minimum absolute atomic E-state index is 0.525. The lowest BCUT2D eigenvalue weighted by Crippen LogP contribution is -2.24. The number of nitrogen functional groups attached to an aromatic ring is 1. The Morgan fingerprint density at radius 3 is 2.89 bits per heavy atom. The Labute approximate surface area is 107 Å². The quantitative estimate of drug-likeness (QED) is 0.830. The van der Waals surface area contributed by atoms with Gasteiger partial charge in [-0.1, -0.05) is 12.6 Å². The zero-order chi connectivity index (χ0) is 12.7. The molecular weight excluding hydrogens is 222 g/mol. The Bertz CT molecular complexity index is 618. The summed E-state index contributed by atoms with van der Waals surface area (Å²) in [4.78, 5) is 6.47. The van der Waals surface area contributed by atoms with E-state index in [2.05, 4.69) is 41.6 Å². The standard InChI is InChI=1S/C15H17N3/c1-10-3-4-11(2)18(10)14-6-5-12-8-15(16)17-9-13(12)7-14/h5-9,11H,1,3-4H2,2H3,(H2,16,17). The maximum Gasteiger partial charge on any atom is 0.123 e. The van der Waals surface area contributed by atoms with Crippen molar-refractivity contribution in [2.24, 2.45) is 0 Å². The van der Waals surface area contributed by atoms with E-state index >= 15 is 0 Å².